The van der Waals surface area contributed by atoms with Crippen LogP contribution in [0.2, 0.25) is 0 Å². The highest BCUT2D eigenvalue weighted by Gasteiger charge is 2.09. The number of fused-ring (bicyclic) bond motifs is 1. The third-order valence-corrected chi connectivity index (χ3v) is 5.20. The largest absolute Gasteiger partial charge is 0.325 e. The van der Waals surface area contributed by atoms with Gasteiger partial charge in [-0.15, -0.1) is 11.8 Å². The van der Waals surface area contributed by atoms with Gasteiger partial charge < -0.3 is 10.6 Å². The average molecular weight is 371 g/mol. The first-order chi connectivity index (χ1) is 12.1. The van der Waals surface area contributed by atoms with Crippen molar-refractivity contribution in [2.75, 3.05) is 22.1 Å². The van der Waals surface area contributed by atoms with Crippen molar-refractivity contribution in [3.8, 4) is 0 Å². The van der Waals surface area contributed by atoms with Gasteiger partial charge in [-0.1, -0.05) is 35.6 Å². The monoisotopic (exact) mass is 371 g/mol. The molecule has 25 heavy (non-hydrogen) atoms. The molecule has 0 saturated heterocycles. The summed E-state index contributed by atoms with van der Waals surface area (Å²) in [6.07, 6.45) is 0. The Morgan fingerprint density at radius 3 is 2.52 bits per heavy atom. The van der Waals surface area contributed by atoms with E-state index < -0.39 is 0 Å². The smallest absolute Gasteiger partial charge is 0.236 e. The summed E-state index contributed by atoms with van der Waals surface area (Å²) in [4.78, 5) is 28.2. The summed E-state index contributed by atoms with van der Waals surface area (Å²) in [7, 11) is 0. The molecule has 0 radical (unpaired) electrons. The van der Waals surface area contributed by atoms with Crippen LogP contribution in [-0.2, 0) is 9.59 Å². The number of amides is 2. The molecule has 3 aromatic rings. The number of hydrogen-bond acceptors (Lipinski definition) is 5. The standard InChI is InChI=1S/C18H17N3O2S2/c1-12-7-8-15-14(9-12)20-18(25-15)21-17(23)11-24-10-16(22)19-13-5-3-2-4-6-13/h2-9H,10-11H2,1H3,(H,19,22)(H,20,21,23). The number of carbonyl (C=O) groups is 2. The number of anilines is 2. The van der Waals surface area contributed by atoms with Gasteiger partial charge in [0.15, 0.2) is 5.13 Å². The number of nitrogens with one attached hydrogen (secondary N) is 2. The summed E-state index contributed by atoms with van der Waals surface area (Å²) in [5.41, 5.74) is 2.77. The quantitative estimate of drug-likeness (QED) is 0.689. The van der Waals surface area contributed by atoms with Crippen molar-refractivity contribution in [2.24, 2.45) is 0 Å². The van der Waals surface area contributed by atoms with E-state index in [-0.39, 0.29) is 23.3 Å². The van der Waals surface area contributed by atoms with Crippen LogP contribution in [0, 0.1) is 6.92 Å². The van der Waals surface area contributed by atoms with Crippen LogP contribution in [0.3, 0.4) is 0 Å². The van der Waals surface area contributed by atoms with E-state index in [9.17, 15) is 9.59 Å². The number of benzene rings is 2. The lowest BCUT2D eigenvalue weighted by molar-refractivity contribution is -0.114. The highest BCUT2D eigenvalue weighted by atomic mass is 32.2. The second kappa shape index (κ2) is 8.13. The van der Waals surface area contributed by atoms with Gasteiger partial charge in [0.05, 0.1) is 21.7 Å². The van der Waals surface area contributed by atoms with Crippen molar-refractivity contribution < 1.29 is 9.59 Å². The zero-order valence-corrected chi connectivity index (χ0v) is 15.2. The molecule has 0 spiro atoms. The van der Waals surface area contributed by atoms with E-state index in [1.807, 2.05) is 55.5 Å². The van der Waals surface area contributed by atoms with Crippen molar-refractivity contribution in [1.82, 2.24) is 4.98 Å². The predicted molar refractivity (Wildman–Crippen MR) is 105 cm³/mol. The summed E-state index contributed by atoms with van der Waals surface area (Å²) < 4.78 is 1.04. The molecule has 0 atom stereocenters. The summed E-state index contributed by atoms with van der Waals surface area (Å²) in [5.74, 6) is 0.145. The predicted octanol–water partition coefficient (Wildman–Crippen LogP) is 3.92. The topological polar surface area (TPSA) is 71.1 Å². The van der Waals surface area contributed by atoms with Crippen LogP contribution in [0.25, 0.3) is 10.2 Å². The van der Waals surface area contributed by atoms with Gasteiger partial charge in [-0.3, -0.25) is 9.59 Å². The van der Waals surface area contributed by atoms with E-state index in [0.717, 1.165) is 21.5 Å². The Bertz CT molecular complexity index is 894. The van der Waals surface area contributed by atoms with Crippen molar-refractivity contribution in [2.45, 2.75) is 6.92 Å². The van der Waals surface area contributed by atoms with Crippen molar-refractivity contribution >= 4 is 55.9 Å². The molecule has 5 nitrogen and oxygen atoms in total. The molecule has 2 N–H and O–H groups in total. The Labute approximate surface area is 153 Å². The second-order valence-electron chi connectivity index (χ2n) is 5.45. The third-order valence-electron chi connectivity index (χ3n) is 3.31. The van der Waals surface area contributed by atoms with Gasteiger partial charge in [-0.05, 0) is 36.8 Å². The summed E-state index contributed by atoms with van der Waals surface area (Å²) in [6, 6.07) is 15.3. The molecule has 0 unspecified atom stereocenters. The normalized spacial score (nSPS) is 10.6. The highest BCUT2D eigenvalue weighted by Crippen LogP contribution is 2.26. The summed E-state index contributed by atoms with van der Waals surface area (Å²) in [5, 5.41) is 6.16. The van der Waals surface area contributed by atoms with Gasteiger partial charge >= 0.3 is 0 Å². The Hall–Kier alpha value is -2.38. The average Bonchev–Trinajstić information content (AvgIpc) is 2.96. The maximum absolute atomic E-state index is 12.0. The Balaban J connectivity index is 1.45. The van der Waals surface area contributed by atoms with Crippen LogP contribution in [0.1, 0.15) is 5.56 Å². The van der Waals surface area contributed by atoms with E-state index in [1.165, 1.54) is 23.1 Å². The molecular weight excluding hydrogens is 354 g/mol. The Kier molecular flexibility index (Phi) is 5.67. The first-order valence-corrected chi connectivity index (χ1v) is 9.67. The minimum absolute atomic E-state index is 0.125. The fourth-order valence-electron chi connectivity index (χ4n) is 2.20. The number of aryl methyl sites for hydroxylation is 1. The number of hydrogen-bond donors (Lipinski definition) is 2. The van der Waals surface area contributed by atoms with Crippen LogP contribution >= 0.6 is 23.1 Å². The molecule has 0 bridgehead atoms. The van der Waals surface area contributed by atoms with Crippen LogP contribution in [0.4, 0.5) is 10.8 Å². The molecule has 7 heteroatoms. The zero-order chi connectivity index (χ0) is 17.6. The number of thiazole rings is 1. The van der Waals surface area contributed by atoms with Crippen molar-refractivity contribution in [3.05, 3.63) is 54.1 Å². The van der Waals surface area contributed by atoms with Gasteiger partial charge in [0.1, 0.15) is 0 Å². The molecule has 2 aromatic carbocycles. The molecule has 0 aliphatic rings. The molecule has 0 aliphatic carbocycles. The maximum Gasteiger partial charge on any atom is 0.236 e. The number of aromatic nitrogens is 1. The minimum atomic E-state index is -0.159. The van der Waals surface area contributed by atoms with Gasteiger partial charge in [0.2, 0.25) is 11.8 Å². The number of thioether (sulfide) groups is 1. The van der Waals surface area contributed by atoms with Crippen LogP contribution < -0.4 is 10.6 Å². The second-order valence-corrected chi connectivity index (χ2v) is 7.46. The van der Waals surface area contributed by atoms with Gasteiger partial charge in [-0.2, -0.15) is 0 Å². The van der Waals surface area contributed by atoms with E-state index in [1.54, 1.807) is 0 Å². The maximum atomic E-state index is 12.0. The first kappa shape index (κ1) is 17.4. The number of nitrogens with zero attached hydrogens (tertiary/aromatic N) is 1. The zero-order valence-electron chi connectivity index (χ0n) is 13.6. The molecule has 2 amide bonds. The summed E-state index contributed by atoms with van der Waals surface area (Å²) >= 11 is 2.71. The molecule has 0 fully saturated rings. The van der Waals surface area contributed by atoms with Crippen LogP contribution in [-0.4, -0.2) is 28.3 Å². The van der Waals surface area contributed by atoms with E-state index in [2.05, 4.69) is 15.6 Å². The number of para-hydroxylation sites is 1. The number of carbonyl (C=O) groups excluding carboxylic acids is 2. The minimum Gasteiger partial charge on any atom is -0.325 e. The molecule has 0 saturated carbocycles. The van der Waals surface area contributed by atoms with Crippen molar-refractivity contribution in [3.63, 3.8) is 0 Å². The summed E-state index contributed by atoms with van der Waals surface area (Å²) in [6.45, 7) is 2.01. The molecule has 128 valence electrons. The molecule has 0 aliphatic heterocycles. The van der Waals surface area contributed by atoms with Crippen LogP contribution in [0.15, 0.2) is 48.5 Å². The molecule has 3 rings (SSSR count). The van der Waals surface area contributed by atoms with E-state index >= 15 is 0 Å². The van der Waals surface area contributed by atoms with Gasteiger partial charge in [0.25, 0.3) is 0 Å². The lowest BCUT2D eigenvalue weighted by atomic mass is 10.2. The molecule has 1 heterocycles. The van der Waals surface area contributed by atoms with Gasteiger partial charge in [0, 0.05) is 5.69 Å². The first-order valence-electron chi connectivity index (χ1n) is 7.70. The number of rotatable bonds is 6. The SMILES string of the molecule is Cc1ccc2sc(NC(=O)CSCC(=O)Nc3ccccc3)nc2c1. The van der Waals surface area contributed by atoms with Gasteiger partial charge in [-0.25, -0.2) is 4.98 Å². The third kappa shape index (κ3) is 5.04. The lowest BCUT2D eigenvalue weighted by Crippen LogP contribution is -2.18. The molecular formula is C18H17N3O2S2. The van der Waals surface area contributed by atoms with Crippen LogP contribution in [0.5, 0.6) is 0 Å². The lowest BCUT2D eigenvalue weighted by Gasteiger charge is -2.04. The highest BCUT2D eigenvalue weighted by molar-refractivity contribution is 8.00. The Morgan fingerprint density at radius 1 is 1.04 bits per heavy atom. The van der Waals surface area contributed by atoms with Crippen molar-refractivity contribution in [1.29, 1.82) is 0 Å². The van der Waals surface area contributed by atoms with E-state index in [4.69, 9.17) is 0 Å². The van der Waals surface area contributed by atoms with E-state index in [0.29, 0.717) is 5.13 Å². The Morgan fingerprint density at radius 2 is 1.76 bits per heavy atom. The molecule has 1 aromatic heterocycles. The fraction of sp³-hybridized carbons (Fsp3) is 0.167. The fourth-order valence-corrected chi connectivity index (χ4v) is 3.68.